The molecular weight excluding hydrogens is 274 g/mol. The van der Waals surface area contributed by atoms with E-state index < -0.39 is 11.6 Å². The maximum Gasteiger partial charge on any atom is 0.150 e. The lowest BCUT2D eigenvalue weighted by Crippen LogP contribution is -2.28. The Bertz CT molecular complexity index is 630. The summed E-state index contributed by atoms with van der Waals surface area (Å²) >= 11 is 0. The first-order valence-electron chi connectivity index (χ1n) is 6.44. The Kier molecular flexibility index (Phi) is 4.85. The van der Waals surface area contributed by atoms with E-state index in [-0.39, 0.29) is 30.9 Å². The van der Waals surface area contributed by atoms with E-state index in [1.807, 2.05) is 30.3 Å². The Hall–Kier alpha value is -2.45. The molecule has 108 valence electrons. The van der Waals surface area contributed by atoms with Gasteiger partial charge in [0, 0.05) is 13.1 Å². The number of halogens is 2. The van der Waals surface area contributed by atoms with Crippen molar-refractivity contribution in [3.8, 4) is 6.07 Å². The van der Waals surface area contributed by atoms with E-state index >= 15 is 0 Å². The number of rotatable bonds is 5. The summed E-state index contributed by atoms with van der Waals surface area (Å²) in [5.74, 6) is -1.62. The Morgan fingerprint density at radius 3 is 2.24 bits per heavy atom. The van der Waals surface area contributed by atoms with Crippen molar-refractivity contribution in [1.82, 2.24) is 0 Å². The third-order valence-corrected chi connectivity index (χ3v) is 3.05. The first kappa shape index (κ1) is 14.9. The van der Waals surface area contributed by atoms with Crippen LogP contribution in [0.4, 0.5) is 14.5 Å². The lowest BCUT2D eigenvalue weighted by Gasteiger charge is -2.25. The largest absolute Gasteiger partial charge is 0.395 e. The summed E-state index contributed by atoms with van der Waals surface area (Å²) in [5, 5.41) is 17.8. The van der Waals surface area contributed by atoms with Gasteiger partial charge in [0.2, 0.25) is 0 Å². The summed E-state index contributed by atoms with van der Waals surface area (Å²) in [6.07, 6.45) is 0. The van der Waals surface area contributed by atoms with Crippen LogP contribution in [0.25, 0.3) is 0 Å². The van der Waals surface area contributed by atoms with Gasteiger partial charge in [0.25, 0.3) is 0 Å². The zero-order chi connectivity index (χ0) is 15.2. The predicted molar refractivity (Wildman–Crippen MR) is 75.7 cm³/mol. The minimum absolute atomic E-state index is 0.0718. The summed E-state index contributed by atoms with van der Waals surface area (Å²) in [6, 6.07) is 12.9. The van der Waals surface area contributed by atoms with Crippen molar-refractivity contribution in [2.75, 3.05) is 18.1 Å². The molecule has 2 aromatic rings. The molecule has 0 radical (unpaired) electrons. The summed E-state index contributed by atoms with van der Waals surface area (Å²) in [5.41, 5.74) is 0.568. The average molecular weight is 288 g/mol. The lowest BCUT2D eigenvalue weighted by molar-refractivity contribution is 0.300. The molecular formula is C16H14F2N2O. The van der Waals surface area contributed by atoms with Crippen molar-refractivity contribution in [3.63, 3.8) is 0 Å². The molecule has 0 spiro atoms. The van der Waals surface area contributed by atoms with Crippen LogP contribution in [-0.4, -0.2) is 18.3 Å². The molecule has 1 N–H and O–H groups in total. The molecule has 21 heavy (non-hydrogen) atoms. The second-order valence-corrected chi connectivity index (χ2v) is 4.53. The third-order valence-electron chi connectivity index (χ3n) is 3.05. The third kappa shape index (κ3) is 3.56. The van der Waals surface area contributed by atoms with Crippen molar-refractivity contribution >= 4 is 5.69 Å². The Morgan fingerprint density at radius 1 is 1.10 bits per heavy atom. The monoisotopic (exact) mass is 288 g/mol. The van der Waals surface area contributed by atoms with Gasteiger partial charge in [-0.1, -0.05) is 30.3 Å². The zero-order valence-electron chi connectivity index (χ0n) is 11.3. The number of nitrogens with zero attached hydrogens (tertiary/aromatic N) is 2. The molecule has 0 saturated carbocycles. The van der Waals surface area contributed by atoms with Crippen molar-refractivity contribution in [3.05, 3.63) is 65.2 Å². The zero-order valence-corrected chi connectivity index (χ0v) is 11.3. The van der Waals surface area contributed by atoms with E-state index in [1.165, 1.54) is 4.90 Å². The molecule has 2 aromatic carbocycles. The minimum atomic E-state index is -0.809. The molecule has 0 heterocycles. The van der Waals surface area contributed by atoms with Crippen LogP contribution in [0.1, 0.15) is 11.1 Å². The fourth-order valence-electron chi connectivity index (χ4n) is 2.13. The lowest BCUT2D eigenvalue weighted by atomic mass is 10.1. The molecule has 2 rings (SSSR count). The van der Waals surface area contributed by atoms with Crippen LogP contribution in [0.5, 0.6) is 0 Å². The highest BCUT2D eigenvalue weighted by molar-refractivity contribution is 5.53. The number of hydrogen-bond donors (Lipinski definition) is 1. The van der Waals surface area contributed by atoms with Gasteiger partial charge in [0.15, 0.2) is 11.6 Å². The van der Waals surface area contributed by atoms with E-state index in [2.05, 4.69) is 0 Å². The minimum Gasteiger partial charge on any atom is -0.395 e. The Balaban J connectivity index is 2.37. The van der Waals surface area contributed by atoms with E-state index in [9.17, 15) is 8.78 Å². The highest BCUT2D eigenvalue weighted by Crippen LogP contribution is 2.26. The number of nitriles is 1. The van der Waals surface area contributed by atoms with Crippen molar-refractivity contribution in [1.29, 1.82) is 5.26 Å². The first-order chi connectivity index (χ1) is 10.2. The van der Waals surface area contributed by atoms with Gasteiger partial charge in [-0.25, -0.2) is 8.78 Å². The Morgan fingerprint density at radius 2 is 1.71 bits per heavy atom. The van der Waals surface area contributed by atoms with E-state index in [1.54, 1.807) is 6.07 Å². The fraction of sp³-hybridized carbons (Fsp3) is 0.188. The normalized spacial score (nSPS) is 10.2. The van der Waals surface area contributed by atoms with Gasteiger partial charge in [-0.3, -0.25) is 0 Å². The number of benzene rings is 2. The van der Waals surface area contributed by atoms with Crippen LogP contribution in [0.15, 0.2) is 42.5 Å². The van der Waals surface area contributed by atoms with Gasteiger partial charge >= 0.3 is 0 Å². The van der Waals surface area contributed by atoms with Crippen LogP contribution >= 0.6 is 0 Å². The highest BCUT2D eigenvalue weighted by atomic mass is 19.1. The van der Waals surface area contributed by atoms with Crippen molar-refractivity contribution in [2.24, 2.45) is 0 Å². The average Bonchev–Trinajstić information content (AvgIpc) is 2.47. The van der Waals surface area contributed by atoms with Gasteiger partial charge < -0.3 is 10.0 Å². The Labute approximate surface area is 121 Å². The molecule has 0 saturated heterocycles. The molecule has 0 unspecified atom stereocenters. The van der Waals surface area contributed by atoms with Gasteiger partial charge in [0.1, 0.15) is 5.69 Å². The smallest absolute Gasteiger partial charge is 0.150 e. The molecule has 0 bridgehead atoms. The van der Waals surface area contributed by atoms with Gasteiger partial charge in [-0.15, -0.1) is 0 Å². The molecule has 0 aliphatic heterocycles. The first-order valence-corrected chi connectivity index (χ1v) is 6.44. The highest BCUT2D eigenvalue weighted by Gasteiger charge is 2.18. The topological polar surface area (TPSA) is 47.3 Å². The maximum atomic E-state index is 14.1. The number of anilines is 1. The number of aliphatic hydroxyl groups excluding tert-OH is 1. The van der Waals surface area contributed by atoms with Gasteiger partial charge in [0.05, 0.1) is 18.2 Å². The molecule has 5 heteroatoms. The molecule has 0 aromatic heterocycles. The summed E-state index contributed by atoms with van der Waals surface area (Å²) in [7, 11) is 0. The van der Waals surface area contributed by atoms with Crippen LogP contribution in [0, 0.1) is 23.0 Å². The quantitative estimate of drug-likeness (QED) is 0.920. The standard InChI is InChI=1S/C16H14F2N2O/c17-14-8-13(10-19)9-15(18)16(14)20(6-7-21)11-12-4-2-1-3-5-12/h1-5,8-9,21H,6-7,11H2. The van der Waals surface area contributed by atoms with Crippen molar-refractivity contribution < 1.29 is 13.9 Å². The molecule has 0 aliphatic carbocycles. The molecule has 3 nitrogen and oxygen atoms in total. The number of aliphatic hydroxyl groups is 1. The maximum absolute atomic E-state index is 14.1. The van der Waals surface area contributed by atoms with Crippen LogP contribution < -0.4 is 4.90 Å². The van der Waals surface area contributed by atoms with Crippen LogP contribution in [0.2, 0.25) is 0 Å². The second kappa shape index (κ2) is 6.82. The molecule has 0 atom stereocenters. The SMILES string of the molecule is N#Cc1cc(F)c(N(CCO)Cc2ccccc2)c(F)c1. The summed E-state index contributed by atoms with van der Waals surface area (Å²) < 4.78 is 28.1. The second-order valence-electron chi connectivity index (χ2n) is 4.53. The fourth-order valence-corrected chi connectivity index (χ4v) is 2.13. The van der Waals surface area contributed by atoms with E-state index in [0.717, 1.165) is 17.7 Å². The van der Waals surface area contributed by atoms with E-state index in [4.69, 9.17) is 10.4 Å². The van der Waals surface area contributed by atoms with Crippen LogP contribution in [0.3, 0.4) is 0 Å². The number of hydrogen-bond acceptors (Lipinski definition) is 3. The van der Waals surface area contributed by atoms with Gasteiger partial charge in [-0.05, 0) is 17.7 Å². The summed E-state index contributed by atoms with van der Waals surface area (Å²) in [4.78, 5) is 1.42. The van der Waals surface area contributed by atoms with Crippen LogP contribution in [-0.2, 0) is 6.54 Å². The summed E-state index contributed by atoms with van der Waals surface area (Å²) in [6.45, 7) is 0.126. The molecule has 0 amide bonds. The molecule has 0 aliphatic rings. The van der Waals surface area contributed by atoms with Crippen molar-refractivity contribution in [2.45, 2.75) is 6.54 Å². The van der Waals surface area contributed by atoms with Gasteiger partial charge in [-0.2, -0.15) is 5.26 Å². The van der Waals surface area contributed by atoms with E-state index in [0.29, 0.717) is 0 Å². The predicted octanol–water partition coefficient (Wildman–Crippen LogP) is 2.84. The molecule has 0 fully saturated rings.